The summed E-state index contributed by atoms with van der Waals surface area (Å²) in [5.41, 5.74) is 5.91. The molecule has 1 saturated carbocycles. The van der Waals surface area contributed by atoms with E-state index in [1.807, 2.05) is 0 Å². The molecule has 2 rings (SSSR count). The Bertz CT molecular complexity index is 768. The van der Waals surface area contributed by atoms with Crippen molar-refractivity contribution in [1.29, 1.82) is 0 Å². The summed E-state index contributed by atoms with van der Waals surface area (Å²) >= 11 is 0. The Morgan fingerprint density at radius 1 is 1.18 bits per heavy atom. The highest BCUT2D eigenvalue weighted by Crippen LogP contribution is 2.28. The number of hydrogen-bond acceptors (Lipinski definition) is 5. The largest absolute Gasteiger partial charge is 0.324 e. The van der Waals surface area contributed by atoms with E-state index in [2.05, 4.69) is 9.44 Å². The predicted octanol–water partition coefficient (Wildman–Crippen LogP) is 0.0628. The third-order valence-electron chi connectivity index (χ3n) is 3.98. The molecule has 0 spiro atoms. The van der Waals surface area contributed by atoms with Crippen molar-refractivity contribution in [3.8, 4) is 0 Å². The average Bonchev–Trinajstić information content (AvgIpc) is 2.42. The van der Waals surface area contributed by atoms with Gasteiger partial charge in [-0.15, -0.1) is 0 Å². The van der Waals surface area contributed by atoms with Gasteiger partial charge in [0.1, 0.15) is 0 Å². The Morgan fingerprint density at radius 3 is 2.27 bits per heavy atom. The van der Waals surface area contributed by atoms with E-state index < -0.39 is 25.6 Å². The minimum Gasteiger partial charge on any atom is -0.324 e. The first-order chi connectivity index (χ1) is 10.1. The van der Waals surface area contributed by atoms with Crippen LogP contribution in [0.4, 0.5) is 0 Å². The Labute approximate surface area is 131 Å². The van der Waals surface area contributed by atoms with Crippen LogP contribution in [0, 0.1) is 6.92 Å². The van der Waals surface area contributed by atoms with Gasteiger partial charge in [-0.25, -0.2) is 26.3 Å². The molecule has 0 atom stereocenters. The normalized spacial score (nSPS) is 18.0. The van der Waals surface area contributed by atoms with Gasteiger partial charge in [0, 0.05) is 12.1 Å². The van der Waals surface area contributed by atoms with Crippen LogP contribution in [0.15, 0.2) is 28.0 Å². The second-order valence-electron chi connectivity index (χ2n) is 5.68. The molecule has 1 aliphatic rings. The second-order valence-corrected chi connectivity index (χ2v) is 9.30. The molecule has 0 aliphatic heterocycles. The smallest absolute Gasteiger partial charge is 0.240 e. The van der Waals surface area contributed by atoms with E-state index in [1.165, 1.54) is 25.2 Å². The van der Waals surface area contributed by atoms with Crippen molar-refractivity contribution in [3.63, 3.8) is 0 Å². The molecular weight excluding hydrogens is 326 g/mol. The standard InChI is InChI=1S/C13H21N3O4S2/c1-10-8-11(4-5-12(10)22(19,20)15-2)21(17,18)16-9-13(14)6-3-7-13/h4-5,8,15-16H,3,6-7,9,14H2,1-2H3. The minimum atomic E-state index is -3.71. The average molecular weight is 347 g/mol. The molecule has 1 aliphatic carbocycles. The number of aryl methyl sites for hydroxylation is 1. The third-order valence-corrected chi connectivity index (χ3v) is 6.95. The van der Waals surface area contributed by atoms with Gasteiger partial charge in [-0.3, -0.25) is 0 Å². The number of benzene rings is 1. The van der Waals surface area contributed by atoms with Crippen molar-refractivity contribution in [2.45, 2.75) is 41.5 Å². The quantitative estimate of drug-likeness (QED) is 0.672. The van der Waals surface area contributed by atoms with Crippen molar-refractivity contribution in [3.05, 3.63) is 23.8 Å². The minimum absolute atomic E-state index is 0.0305. The maximum Gasteiger partial charge on any atom is 0.240 e. The lowest BCUT2D eigenvalue weighted by molar-refractivity contribution is 0.251. The highest BCUT2D eigenvalue weighted by Gasteiger charge is 2.33. The molecule has 22 heavy (non-hydrogen) atoms. The van der Waals surface area contributed by atoms with E-state index in [-0.39, 0.29) is 16.3 Å². The van der Waals surface area contributed by atoms with E-state index in [1.54, 1.807) is 6.92 Å². The van der Waals surface area contributed by atoms with Crippen LogP contribution in [0.2, 0.25) is 0 Å². The highest BCUT2D eigenvalue weighted by atomic mass is 32.2. The van der Waals surface area contributed by atoms with Gasteiger partial charge in [-0.05, 0) is 57.0 Å². The number of rotatable bonds is 6. The Morgan fingerprint density at radius 2 is 1.82 bits per heavy atom. The molecule has 0 unspecified atom stereocenters. The van der Waals surface area contributed by atoms with E-state index in [9.17, 15) is 16.8 Å². The molecule has 0 heterocycles. The molecule has 9 heteroatoms. The number of hydrogen-bond donors (Lipinski definition) is 3. The van der Waals surface area contributed by atoms with Gasteiger partial charge in [0.15, 0.2) is 0 Å². The fourth-order valence-electron chi connectivity index (χ4n) is 2.33. The Kier molecular flexibility index (Phi) is 4.65. The van der Waals surface area contributed by atoms with Gasteiger partial charge in [-0.1, -0.05) is 0 Å². The van der Waals surface area contributed by atoms with Gasteiger partial charge in [-0.2, -0.15) is 0 Å². The molecule has 1 fully saturated rings. The van der Waals surface area contributed by atoms with Crippen molar-refractivity contribution >= 4 is 20.0 Å². The van der Waals surface area contributed by atoms with E-state index in [0.29, 0.717) is 5.56 Å². The first kappa shape index (κ1) is 17.4. The second kappa shape index (κ2) is 5.89. The fraction of sp³-hybridized carbons (Fsp3) is 0.538. The monoisotopic (exact) mass is 347 g/mol. The van der Waals surface area contributed by atoms with Gasteiger partial charge >= 0.3 is 0 Å². The van der Waals surface area contributed by atoms with Crippen LogP contribution < -0.4 is 15.2 Å². The van der Waals surface area contributed by atoms with E-state index >= 15 is 0 Å². The van der Waals surface area contributed by atoms with Crippen molar-refractivity contribution in [2.75, 3.05) is 13.6 Å². The Hall–Kier alpha value is -1.00. The zero-order valence-corrected chi connectivity index (χ0v) is 14.2. The molecular formula is C13H21N3O4S2. The molecule has 1 aromatic carbocycles. The molecule has 0 amide bonds. The SMILES string of the molecule is CNS(=O)(=O)c1ccc(S(=O)(=O)NCC2(N)CCC2)cc1C. The molecule has 0 saturated heterocycles. The lowest BCUT2D eigenvalue weighted by Crippen LogP contribution is -2.54. The summed E-state index contributed by atoms with van der Waals surface area (Å²) in [4.78, 5) is 0.0891. The number of nitrogens with one attached hydrogen (secondary N) is 2. The summed E-state index contributed by atoms with van der Waals surface area (Å²) in [6.45, 7) is 1.74. The van der Waals surface area contributed by atoms with Crippen LogP contribution in [0.25, 0.3) is 0 Å². The van der Waals surface area contributed by atoms with Crippen molar-refractivity contribution in [2.24, 2.45) is 5.73 Å². The van der Waals surface area contributed by atoms with Gasteiger partial charge < -0.3 is 5.73 Å². The van der Waals surface area contributed by atoms with Gasteiger partial charge in [0.25, 0.3) is 0 Å². The molecule has 0 radical (unpaired) electrons. The predicted molar refractivity (Wildman–Crippen MR) is 83.4 cm³/mol. The van der Waals surface area contributed by atoms with Crippen LogP contribution in [0.1, 0.15) is 24.8 Å². The zero-order chi connectivity index (χ0) is 16.6. The summed E-state index contributed by atoms with van der Waals surface area (Å²) in [5, 5.41) is 0. The van der Waals surface area contributed by atoms with Crippen molar-refractivity contribution in [1.82, 2.24) is 9.44 Å². The van der Waals surface area contributed by atoms with Crippen LogP contribution >= 0.6 is 0 Å². The highest BCUT2D eigenvalue weighted by molar-refractivity contribution is 7.90. The molecule has 1 aromatic rings. The van der Waals surface area contributed by atoms with Crippen LogP contribution in [-0.4, -0.2) is 36.0 Å². The maximum atomic E-state index is 12.3. The molecule has 124 valence electrons. The summed E-state index contributed by atoms with van der Waals surface area (Å²) in [5.74, 6) is 0. The van der Waals surface area contributed by atoms with E-state index in [4.69, 9.17) is 5.73 Å². The third kappa shape index (κ3) is 3.49. The lowest BCUT2D eigenvalue weighted by Gasteiger charge is -2.38. The van der Waals surface area contributed by atoms with Crippen molar-refractivity contribution < 1.29 is 16.8 Å². The Balaban J connectivity index is 2.23. The van der Waals surface area contributed by atoms with E-state index in [0.717, 1.165) is 19.3 Å². The van der Waals surface area contributed by atoms with Gasteiger partial charge in [0.05, 0.1) is 9.79 Å². The molecule has 0 aromatic heterocycles. The van der Waals surface area contributed by atoms with Crippen LogP contribution in [0.5, 0.6) is 0 Å². The van der Waals surface area contributed by atoms with Crippen LogP contribution in [-0.2, 0) is 20.0 Å². The molecule has 4 N–H and O–H groups in total. The van der Waals surface area contributed by atoms with Crippen LogP contribution in [0.3, 0.4) is 0 Å². The molecule has 0 bridgehead atoms. The topological polar surface area (TPSA) is 118 Å². The number of nitrogens with two attached hydrogens (primary N) is 1. The zero-order valence-electron chi connectivity index (χ0n) is 12.6. The van der Waals surface area contributed by atoms with Gasteiger partial charge in [0.2, 0.25) is 20.0 Å². The lowest BCUT2D eigenvalue weighted by atomic mass is 9.78. The first-order valence-corrected chi connectivity index (χ1v) is 9.89. The first-order valence-electron chi connectivity index (χ1n) is 6.92. The maximum absolute atomic E-state index is 12.3. The number of sulfonamides is 2. The summed E-state index contributed by atoms with van der Waals surface area (Å²) in [6.07, 6.45) is 2.61. The molecule has 7 nitrogen and oxygen atoms in total. The fourth-order valence-corrected chi connectivity index (χ4v) is 4.50. The summed E-state index contributed by atoms with van der Waals surface area (Å²) < 4.78 is 52.8. The summed E-state index contributed by atoms with van der Waals surface area (Å²) in [7, 11) is -6.01. The summed E-state index contributed by atoms with van der Waals surface area (Å²) in [6, 6.07) is 3.91.